The van der Waals surface area contributed by atoms with Crippen molar-refractivity contribution in [2.24, 2.45) is 0 Å². The zero-order chi connectivity index (χ0) is 20.1. The SMILES string of the molecule is COc1ccc(CC(=O)Nc2sc(C)c(C)c2C(=O)OC(C)C)cc1OC. The van der Waals surface area contributed by atoms with Gasteiger partial charge in [0.15, 0.2) is 11.5 Å². The molecular weight excluding hydrogens is 366 g/mol. The van der Waals surface area contributed by atoms with E-state index in [0.29, 0.717) is 22.1 Å². The van der Waals surface area contributed by atoms with Crippen LogP contribution in [0, 0.1) is 13.8 Å². The summed E-state index contributed by atoms with van der Waals surface area (Å²) in [6.07, 6.45) is -0.0814. The highest BCUT2D eigenvalue weighted by atomic mass is 32.1. The predicted molar refractivity (Wildman–Crippen MR) is 106 cm³/mol. The summed E-state index contributed by atoms with van der Waals surface area (Å²) in [7, 11) is 3.11. The third-order valence-corrected chi connectivity index (χ3v) is 5.12. The molecule has 1 amide bonds. The Bertz CT molecular complexity index is 841. The lowest BCUT2D eigenvalue weighted by molar-refractivity contribution is -0.115. The molecule has 2 aromatic rings. The van der Waals surface area contributed by atoms with Crippen LogP contribution < -0.4 is 14.8 Å². The first-order valence-electron chi connectivity index (χ1n) is 8.58. The van der Waals surface area contributed by atoms with Gasteiger partial charge in [-0.15, -0.1) is 11.3 Å². The second kappa shape index (κ2) is 8.90. The maximum Gasteiger partial charge on any atom is 0.341 e. The Morgan fingerprint density at radius 1 is 1.11 bits per heavy atom. The van der Waals surface area contributed by atoms with Crippen LogP contribution in [0.15, 0.2) is 18.2 Å². The number of nitrogens with one attached hydrogen (secondary N) is 1. The number of aryl methyl sites for hydroxylation is 1. The van der Waals surface area contributed by atoms with E-state index >= 15 is 0 Å². The Hall–Kier alpha value is -2.54. The summed E-state index contributed by atoms with van der Waals surface area (Å²) in [4.78, 5) is 25.9. The summed E-state index contributed by atoms with van der Waals surface area (Å²) in [6, 6.07) is 5.32. The van der Waals surface area contributed by atoms with E-state index in [1.807, 2.05) is 13.8 Å². The molecule has 0 bridgehead atoms. The van der Waals surface area contributed by atoms with Crippen LogP contribution in [0.1, 0.15) is 40.2 Å². The van der Waals surface area contributed by atoms with Crippen molar-refractivity contribution in [3.05, 3.63) is 39.8 Å². The van der Waals surface area contributed by atoms with Crippen molar-refractivity contribution in [2.45, 2.75) is 40.2 Å². The molecule has 0 atom stereocenters. The van der Waals surface area contributed by atoms with Crippen molar-refractivity contribution in [3.8, 4) is 11.5 Å². The molecule has 1 heterocycles. The van der Waals surface area contributed by atoms with Gasteiger partial charge < -0.3 is 19.5 Å². The van der Waals surface area contributed by atoms with E-state index in [1.54, 1.807) is 46.3 Å². The van der Waals surface area contributed by atoms with E-state index in [-0.39, 0.29) is 18.4 Å². The first-order valence-corrected chi connectivity index (χ1v) is 9.40. The van der Waals surface area contributed by atoms with Gasteiger partial charge in [0.2, 0.25) is 5.91 Å². The molecule has 0 radical (unpaired) electrons. The molecule has 1 aromatic heterocycles. The van der Waals surface area contributed by atoms with Crippen molar-refractivity contribution in [2.75, 3.05) is 19.5 Å². The monoisotopic (exact) mass is 391 g/mol. The molecule has 1 aromatic carbocycles. The number of methoxy groups -OCH3 is 2. The third-order valence-electron chi connectivity index (χ3n) is 4.00. The number of carbonyl (C=O) groups is 2. The minimum Gasteiger partial charge on any atom is -0.493 e. The van der Waals surface area contributed by atoms with Crippen LogP contribution in [0.25, 0.3) is 0 Å². The fourth-order valence-electron chi connectivity index (χ4n) is 2.58. The number of hydrogen-bond donors (Lipinski definition) is 1. The number of esters is 1. The van der Waals surface area contributed by atoms with E-state index in [2.05, 4.69) is 5.32 Å². The Balaban J connectivity index is 2.19. The van der Waals surface area contributed by atoms with Gasteiger partial charge in [0.05, 0.1) is 32.3 Å². The Morgan fingerprint density at radius 2 is 1.78 bits per heavy atom. The van der Waals surface area contributed by atoms with Crippen LogP contribution in [-0.4, -0.2) is 32.2 Å². The molecule has 0 aliphatic heterocycles. The van der Waals surface area contributed by atoms with Crippen LogP contribution in [0.3, 0.4) is 0 Å². The summed E-state index contributed by atoms with van der Waals surface area (Å²) in [5, 5.41) is 3.36. The summed E-state index contributed by atoms with van der Waals surface area (Å²) in [5.41, 5.74) is 2.03. The topological polar surface area (TPSA) is 73.9 Å². The van der Waals surface area contributed by atoms with Crippen molar-refractivity contribution in [1.82, 2.24) is 0 Å². The quantitative estimate of drug-likeness (QED) is 0.719. The highest BCUT2D eigenvalue weighted by molar-refractivity contribution is 7.16. The minimum absolute atomic E-state index is 0.148. The molecule has 0 saturated heterocycles. The van der Waals surface area contributed by atoms with E-state index in [0.717, 1.165) is 16.0 Å². The van der Waals surface area contributed by atoms with Crippen molar-refractivity contribution in [1.29, 1.82) is 0 Å². The van der Waals surface area contributed by atoms with Crippen molar-refractivity contribution < 1.29 is 23.8 Å². The Kier molecular flexibility index (Phi) is 6.85. The molecule has 0 spiro atoms. The number of ether oxygens (including phenoxy) is 3. The lowest BCUT2D eigenvalue weighted by Crippen LogP contribution is -2.18. The molecule has 0 unspecified atom stereocenters. The fourth-order valence-corrected chi connectivity index (χ4v) is 3.65. The molecule has 7 heteroatoms. The molecule has 0 aliphatic rings. The zero-order valence-electron chi connectivity index (χ0n) is 16.5. The summed E-state index contributed by atoms with van der Waals surface area (Å²) < 4.78 is 15.8. The zero-order valence-corrected chi connectivity index (χ0v) is 17.3. The molecule has 0 fully saturated rings. The number of thiophene rings is 1. The smallest absolute Gasteiger partial charge is 0.341 e. The second-order valence-electron chi connectivity index (χ2n) is 6.36. The number of rotatable bonds is 7. The number of hydrogen-bond acceptors (Lipinski definition) is 6. The standard InChI is InChI=1S/C20H25NO5S/c1-11(2)26-20(23)18-12(3)13(4)27-19(18)21-17(22)10-14-7-8-15(24-5)16(9-14)25-6/h7-9,11H,10H2,1-6H3,(H,21,22). The van der Waals surface area contributed by atoms with Crippen LogP contribution in [-0.2, 0) is 16.0 Å². The van der Waals surface area contributed by atoms with E-state index in [4.69, 9.17) is 14.2 Å². The summed E-state index contributed by atoms with van der Waals surface area (Å²) in [6.45, 7) is 7.35. The summed E-state index contributed by atoms with van der Waals surface area (Å²) in [5.74, 6) is 0.520. The molecule has 2 rings (SSSR count). The third kappa shape index (κ3) is 5.01. The minimum atomic E-state index is -0.423. The molecule has 6 nitrogen and oxygen atoms in total. The highest BCUT2D eigenvalue weighted by Gasteiger charge is 2.23. The normalized spacial score (nSPS) is 10.6. The van der Waals surface area contributed by atoms with E-state index in [9.17, 15) is 9.59 Å². The fraction of sp³-hybridized carbons (Fsp3) is 0.400. The molecule has 146 valence electrons. The van der Waals surface area contributed by atoms with Gasteiger partial charge in [0, 0.05) is 4.88 Å². The average Bonchev–Trinajstić information content (AvgIpc) is 2.87. The maximum atomic E-state index is 12.5. The molecular formula is C20H25NO5S. The molecule has 27 heavy (non-hydrogen) atoms. The van der Waals surface area contributed by atoms with Crippen LogP contribution >= 0.6 is 11.3 Å². The van der Waals surface area contributed by atoms with Crippen LogP contribution in [0.5, 0.6) is 11.5 Å². The number of carbonyl (C=O) groups excluding carboxylic acids is 2. The first kappa shape index (κ1) is 20.8. The number of benzene rings is 1. The first-order chi connectivity index (χ1) is 12.8. The highest BCUT2D eigenvalue weighted by Crippen LogP contribution is 2.33. The lowest BCUT2D eigenvalue weighted by Gasteiger charge is -2.11. The number of amides is 1. The van der Waals surface area contributed by atoms with Gasteiger partial charge in [0.1, 0.15) is 5.00 Å². The van der Waals surface area contributed by atoms with Gasteiger partial charge in [-0.3, -0.25) is 4.79 Å². The largest absolute Gasteiger partial charge is 0.493 e. The van der Waals surface area contributed by atoms with Crippen LogP contribution in [0.2, 0.25) is 0 Å². The maximum absolute atomic E-state index is 12.5. The van der Waals surface area contributed by atoms with Gasteiger partial charge in [-0.1, -0.05) is 6.07 Å². The van der Waals surface area contributed by atoms with Gasteiger partial charge in [-0.05, 0) is 51.0 Å². The number of anilines is 1. The molecule has 0 aliphatic carbocycles. The Labute approximate surface area is 163 Å². The average molecular weight is 391 g/mol. The van der Waals surface area contributed by atoms with Gasteiger partial charge in [0.25, 0.3) is 0 Å². The predicted octanol–water partition coefficient (Wildman–Crippen LogP) is 4.13. The van der Waals surface area contributed by atoms with Crippen molar-refractivity contribution >= 4 is 28.2 Å². The van der Waals surface area contributed by atoms with Crippen LogP contribution in [0.4, 0.5) is 5.00 Å². The molecule has 0 saturated carbocycles. The van der Waals surface area contributed by atoms with E-state index < -0.39 is 5.97 Å². The lowest BCUT2D eigenvalue weighted by atomic mass is 10.1. The summed E-state index contributed by atoms with van der Waals surface area (Å²) >= 11 is 1.37. The van der Waals surface area contributed by atoms with Gasteiger partial charge in [-0.2, -0.15) is 0 Å². The molecule has 1 N–H and O–H groups in total. The second-order valence-corrected chi connectivity index (χ2v) is 7.58. The Morgan fingerprint density at radius 3 is 2.37 bits per heavy atom. The van der Waals surface area contributed by atoms with Gasteiger partial charge in [-0.25, -0.2) is 4.79 Å². The van der Waals surface area contributed by atoms with Gasteiger partial charge >= 0.3 is 5.97 Å². The van der Waals surface area contributed by atoms with E-state index in [1.165, 1.54) is 11.3 Å². The van der Waals surface area contributed by atoms with Crippen molar-refractivity contribution in [3.63, 3.8) is 0 Å².